The molecule has 0 N–H and O–H groups in total. The van der Waals surface area contributed by atoms with E-state index in [1.54, 1.807) is 37.1 Å². The van der Waals surface area contributed by atoms with E-state index in [2.05, 4.69) is 50.6 Å². The molecule has 6 aromatic rings. The SMILES string of the molecule is C=CCOc1ccnc(-c2[c-]ccc(C)c2)c1.[Os+].c1ccc(-c2ccccn2)nc1.c1ccc(-c2ccccn2)nc1. The molecule has 0 aliphatic rings. The Balaban J connectivity index is 0.000000175. The second-order valence-electron chi connectivity index (χ2n) is 8.62. The fourth-order valence-corrected chi connectivity index (χ4v) is 3.59. The zero-order chi connectivity index (χ0) is 28.5. The number of aromatic nitrogens is 5. The van der Waals surface area contributed by atoms with Gasteiger partial charge in [0.1, 0.15) is 12.4 Å². The maximum Gasteiger partial charge on any atom is 1.00 e. The average molecular weight is 727 g/mol. The predicted octanol–water partition coefficient (Wildman–Crippen LogP) is 7.71. The molecule has 0 bridgehead atoms. The number of ether oxygens (including phenoxy) is 1. The van der Waals surface area contributed by atoms with Crippen molar-refractivity contribution in [2.45, 2.75) is 6.92 Å². The summed E-state index contributed by atoms with van der Waals surface area (Å²) in [7, 11) is 0. The van der Waals surface area contributed by atoms with E-state index in [4.69, 9.17) is 4.74 Å². The van der Waals surface area contributed by atoms with Crippen LogP contribution in [0, 0.1) is 13.0 Å². The van der Waals surface area contributed by atoms with Gasteiger partial charge in [-0.05, 0) is 66.4 Å². The molecule has 6 rings (SSSR count). The molecule has 1 radical (unpaired) electrons. The van der Waals surface area contributed by atoms with Gasteiger partial charge in [-0.2, -0.15) is 0 Å². The molecule has 0 spiro atoms. The summed E-state index contributed by atoms with van der Waals surface area (Å²) in [5.41, 5.74) is 6.70. The Hall–Kier alpha value is -4.85. The largest absolute Gasteiger partial charge is 1.00 e. The Morgan fingerprint density at radius 2 is 1.10 bits per heavy atom. The minimum Gasteiger partial charge on any atom is -0.490 e. The third kappa shape index (κ3) is 10.3. The summed E-state index contributed by atoms with van der Waals surface area (Å²) in [6.07, 6.45) is 10.5. The monoisotopic (exact) mass is 728 g/mol. The number of pyridine rings is 5. The Labute approximate surface area is 260 Å². The van der Waals surface area contributed by atoms with Crippen LogP contribution in [0.15, 0.2) is 147 Å². The van der Waals surface area contributed by atoms with Gasteiger partial charge in [0, 0.05) is 31.0 Å². The summed E-state index contributed by atoms with van der Waals surface area (Å²) >= 11 is 0. The number of hydrogen-bond acceptors (Lipinski definition) is 6. The molecule has 0 saturated heterocycles. The summed E-state index contributed by atoms with van der Waals surface area (Å²) in [5.74, 6) is 0.796. The summed E-state index contributed by atoms with van der Waals surface area (Å²) in [5, 5.41) is 0. The summed E-state index contributed by atoms with van der Waals surface area (Å²) < 4.78 is 5.48. The van der Waals surface area contributed by atoms with Crippen LogP contribution >= 0.6 is 0 Å². The van der Waals surface area contributed by atoms with Gasteiger partial charge >= 0.3 is 19.8 Å². The van der Waals surface area contributed by atoms with E-state index >= 15 is 0 Å². The van der Waals surface area contributed by atoms with Crippen molar-refractivity contribution < 1.29 is 24.5 Å². The first kappa shape index (κ1) is 31.7. The fraction of sp³-hybridized carbons (Fsp3) is 0.0571. The Kier molecular flexibility index (Phi) is 13.4. The maximum absolute atomic E-state index is 5.48. The summed E-state index contributed by atoms with van der Waals surface area (Å²) in [4.78, 5) is 21.1. The minimum atomic E-state index is 0. The van der Waals surface area contributed by atoms with Crippen LogP contribution in [0.5, 0.6) is 5.75 Å². The number of hydrogen-bond donors (Lipinski definition) is 0. The third-order valence-electron chi connectivity index (χ3n) is 5.52. The molecule has 1 aromatic carbocycles. The van der Waals surface area contributed by atoms with Gasteiger partial charge in [0.2, 0.25) is 0 Å². The van der Waals surface area contributed by atoms with Crippen LogP contribution in [0.1, 0.15) is 5.56 Å². The van der Waals surface area contributed by atoms with Crippen molar-refractivity contribution in [3.8, 4) is 39.8 Å². The van der Waals surface area contributed by atoms with Gasteiger partial charge in [-0.25, -0.2) is 0 Å². The molecule has 0 atom stereocenters. The van der Waals surface area contributed by atoms with E-state index in [1.807, 2.05) is 97.1 Å². The standard InChI is InChI=1S/C15H14NO.2C10H8N2.Os/c1-3-9-17-14-7-8-16-15(11-14)13-6-4-5-12(2)10-13;2*1-3-7-11-9(5-1)10-6-2-4-8-12-10;/h3-5,7-8,10-11H,1,9H2,2H3;2*1-8H;/q-1;;;+1. The second-order valence-corrected chi connectivity index (χ2v) is 8.62. The van der Waals surface area contributed by atoms with E-state index in [-0.39, 0.29) is 19.8 Å². The van der Waals surface area contributed by atoms with Gasteiger partial charge in [0.25, 0.3) is 0 Å². The van der Waals surface area contributed by atoms with Crippen molar-refractivity contribution in [1.29, 1.82) is 0 Å². The number of benzene rings is 1. The molecular formula is C35H30N5OOs. The second kappa shape index (κ2) is 17.8. The van der Waals surface area contributed by atoms with Crippen LogP contribution in [-0.4, -0.2) is 31.5 Å². The molecule has 0 unspecified atom stereocenters. The van der Waals surface area contributed by atoms with Gasteiger partial charge < -0.3 is 9.72 Å². The van der Waals surface area contributed by atoms with E-state index in [1.165, 1.54) is 5.56 Å². The molecule has 7 heteroatoms. The summed E-state index contributed by atoms with van der Waals surface area (Å²) in [6.45, 7) is 6.17. The van der Waals surface area contributed by atoms with Crippen molar-refractivity contribution in [1.82, 2.24) is 24.9 Å². The third-order valence-corrected chi connectivity index (χ3v) is 5.52. The van der Waals surface area contributed by atoms with Crippen molar-refractivity contribution >= 4 is 0 Å². The molecule has 42 heavy (non-hydrogen) atoms. The van der Waals surface area contributed by atoms with Crippen LogP contribution in [0.2, 0.25) is 0 Å². The Morgan fingerprint density at radius 3 is 1.50 bits per heavy atom. The topological polar surface area (TPSA) is 73.7 Å². The molecule has 0 aliphatic carbocycles. The van der Waals surface area contributed by atoms with Gasteiger partial charge in [0.05, 0.1) is 22.8 Å². The maximum atomic E-state index is 5.48. The van der Waals surface area contributed by atoms with Gasteiger partial charge in [-0.3, -0.25) is 19.9 Å². The summed E-state index contributed by atoms with van der Waals surface area (Å²) in [6, 6.07) is 36.1. The van der Waals surface area contributed by atoms with E-state index < -0.39 is 0 Å². The van der Waals surface area contributed by atoms with Crippen LogP contribution in [0.3, 0.4) is 0 Å². The number of aryl methyl sites for hydroxylation is 1. The minimum absolute atomic E-state index is 0. The van der Waals surface area contributed by atoms with E-state index in [0.29, 0.717) is 6.61 Å². The first-order chi connectivity index (χ1) is 20.2. The smallest absolute Gasteiger partial charge is 0.490 e. The molecule has 0 amide bonds. The zero-order valence-electron chi connectivity index (χ0n) is 23.2. The van der Waals surface area contributed by atoms with Crippen LogP contribution in [0.25, 0.3) is 34.0 Å². The normalized spacial score (nSPS) is 9.55. The molecule has 6 nitrogen and oxygen atoms in total. The molecule has 5 aromatic heterocycles. The average Bonchev–Trinajstić information content (AvgIpc) is 3.06. The van der Waals surface area contributed by atoms with Crippen LogP contribution in [-0.2, 0) is 19.8 Å². The molecular weight excluding hydrogens is 697 g/mol. The quantitative estimate of drug-likeness (QED) is 0.129. The fourth-order valence-electron chi connectivity index (χ4n) is 3.59. The van der Waals surface area contributed by atoms with Gasteiger partial charge in [0.15, 0.2) is 0 Å². The number of rotatable bonds is 6. The Morgan fingerprint density at radius 1 is 0.619 bits per heavy atom. The van der Waals surface area contributed by atoms with E-state index in [9.17, 15) is 0 Å². The van der Waals surface area contributed by atoms with Crippen LogP contribution < -0.4 is 4.74 Å². The van der Waals surface area contributed by atoms with Crippen molar-refractivity contribution in [2.24, 2.45) is 0 Å². The van der Waals surface area contributed by atoms with Crippen molar-refractivity contribution in [2.75, 3.05) is 6.61 Å². The van der Waals surface area contributed by atoms with Crippen molar-refractivity contribution in [3.63, 3.8) is 0 Å². The molecule has 5 heterocycles. The Bertz CT molecular complexity index is 1450. The zero-order valence-corrected chi connectivity index (χ0v) is 25.7. The molecule has 0 fully saturated rings. The van der Waals surface area contributed by atoms with E-state index in [0.717, 1.165) is 39.8 Å². The van der Waals surface area contributed by atoms with Gasteiger partial charge in [-0.1, -0.05) is 43.8 Å². The van der Waals surface area contributed by atoms with Gasteiger partial charge in [-0.15, -0.1) is 35.4 Å². The number of nitrogens with zero attached hydrogens (tertiary/aromatic N) is 5. The molecule has 0 aliphatic heterocycles. The van der Waals surface area contributed by atoms with Crippen LogP contribution in [0.4, 0.5) is 0 Å². The predicted molar refractivity (Wildman–Crippen MR) is 164 cm³/mol. The molecule has 209 valence electrons. The first-order valence-corrected chi connectivity index (χ1v) is 13.1. The first-order valence-electron chi connectivity index (χ1n) is 13.1. The van der Waals surface area contributed by atoms with Crippen molar-refractivity contribution in [3.05, 3.63) is 158 Å². The molecule has 0 saturated carbocycles.